The second kappa shape index (κ2) is 6.50. The van der Waals surface area contributed by atoms with Crippen molar-refractivity contribution in [1.29, 1.82) is 0 Å². The van der Waals surface area contributed by atoms with E-state index in [9.17, 15) is 9.90 Å². The molecule has 0 fully saturated rings. The fraction of sp³-hybridized carbons (Fsp3) is 0.400. The van der Waals surface area contributed by atoms with Gasteiger partial charge in [0.2, 0.25) is 0 Å². The molecule has 4 heteroatoms. The van der Waals surface area contributed by atoms with Crippen molar-refractivity contribution in [2.45, 2.75) is 25.9 Å². The summed E-state index contributed by atoms with van der Waals surface area (Å²) in [5.41, 5.74) is 1.72. The van der Waals surface area contributed by atoms with Crippen LogP contribution in [0, 0.1) is 0 Å². The molecule has 0 saturated carbocycles. The van der Waals surface area contributed by atoms with Crippen LogP contribution in [-0.4, -0.2) is 40.3 Å². The van der Waals surface area contributed by atoms with Crippen molar-refractivity contribution in [1.82, 2.24) is 4.90 Å². The lowest BCUT2D eigenvalue weighted by molar-refractivity contribution is -0.131. The van der Waals surface area contributed by atoms with E-state index in [-0.39, 0.29) is 12.1 Å². The highest BCUT2D eigenvalue weighted by Crippen LogP contribution is 2.15. The molecule has 0 aliphatic rings. The fourth-order valence-corrected chi connectivity index (χ4v) is 1.51. The Hall–Kier alpha value is -1.65. The van der Waals surface area contributed by atoms with Gasteiger partial charge in [0, 0.05) is 18.2 Å². The van der Waals surface area contributed by atoms with E-state index >= 15 is 0 Å². The van der Waals surface area contributed by atoms with E-state index in [1.807, 2.05) is 45.2 Å². The third-order valence-corrected chi connectivity index (χ3v) is 3.24. The van der Waals surface area contributed by atoms with E-state index in [2.05, 4.69) is 4.90 Å². The van der Waals surface area contributed by atoms with E-state index in [1.54, 1.807) is 6.08 Å². The van der Waals surface area contributed by atoms with Crippen LogP contribution in [0.4, 0.5) is 0 Å². The van der Waals surface area contributed by atoms with Crippen LogP contribution in [0.2, 0.25) is 0 Å². The fourth-order valence-electron chi connectivity index (χ4n) is 1.51. The molecule has 0 aromatic heterocycles. The van der Waals surface area contributed by atoms with Gasteiger partial charge in [0.25, 0.3) is 0 Å². The number of hydrogen-bond acceptors (Lipinski definition) is 3. The zero-order valence-corrected chi connectivity index (χ0v) is 11.6. The highest BCUT2D eigenvalue weighted by Gasteiger charge is 2.22. The number of benzene rings is 1. The molecule has 0 radical (unpaired) electrons. The number of aliphatic carboxylic acids is 1. The summed E-state index contributed by atoms with van der Waals surface area (Å²) < 4.78 is 0. The van der Waals surface area contributed by atoms with Gasteiger partial charge < -0.3 is 10.2 Å². The minimum absolute atomic E-state index is 0.100. The minimum atomic E-state index is -0.950. The van der Waals surface area contributed by atoms with Gasteiger partial charge in [-0.1, -0.05) is 24.3 Å². The molecular formula is C15H21NO3. The van der Waals surface area contributed by atoms with Crippen molar-refractivity contribution < 1.29 is 15.0 Å². The predicted octanol–water partition coefficient (Wildman–Crippen LogP) is 1.99. The molecule has 19 heavy (non-hydrogen) atoms. The number of hydrogen-bond donors (Lipinski definition) is 2. The number of rotatable bonds is 6. The van der Waals surface area contributed by atoms with Crippen molar-refractivity contribution >= 4 is 12.0 Å². The van der Waals surface area contributed by atoms with Crippen LogP contribution in [0.25, 0.3) is 6.08 Å². The monoisotopic (exact) mass is 263 g/mol. The quantitative estimate of drug-likeness (QED) is 0.771. The van der Waals surface area contributed by atoms with Gasteiger partial charge in [-0.05, 0) is 38.1 Å². The first-order valence-electron chi connectivity index (χ1n) is 6.17. The smallest absolute Gasteiger partial charge is 0.328 e. The molecule has 0 unspecified atom stereocenters. The third-order valence-electron chi connectivity index (χ3n) is 3.24. The van der Waals surface area contributed by atoms with Gasteiger partial charge in [-0.15, -0.1) is 0 Å². The Balaban J connectivity index is 2.70. The highest BCUT2D eigenvalue weighted by atomic mass is 16.4. The lowest BCUT2D eigenvalue weighted by Crippen LogP contribution is -2.43. The summed E-state index contributed by atoms with van der Waals surface area (Å²) in [7, 11) is 1.97. The van der Waals surface area contributed by atoms with Crippen molar-refractivity contribution in [2.75, 3.05) is 13.7 Å². The topological polar surface area (TPSA) is 60.8 Å². The summed E-state index contributed by atoms with van der Waals surface area (Å²) >= 11 is 0. The SMILES string of the molecule is CN(Cc1ccc(/C=C/C(=O)O)cc1)C(C)(C)CO. The Morgan fingerprint density at radius 3 is 2.37 bits per heavy atom. The molecule has 0 aliphatic carbocycles. The summed E-state index contributed by atoms with van der Waals surface area (Å²) in [4.78, 5) is 12.5. The van der Waals surface area contributed by atoms with Crippen LogP contribution in [0.3, 0.4) is 0 Å². The molecule has 2 N–H and O–H groups in total. The molecule has 0 atom stereocenters. The van der Waals surface area contributed by atoms with E-state index in [1.165, 1.54) is 0 Å². The van der Waals surface area contributed by atoms with Crippen LogP contribution >= 0.6 is 0 Å². The molecule has 0 saturated heterocycles. The maximum Gasteiger partial charge on any atom is 0.328 e. The van der Waals surface area contributed by atoms with Gasteiger partial charge in [-0.3, -0.25) is 4.90 Å². The van der Waals surface area contributed by atoms with Gasteiger partial charge in [-0.25, -0.2) is 4.79 Å². The number of aliphatic hydroxyl groups excluding tert-OH is 1. The Morgan fingerprint density at radius 2 is 1.89 bits per heavy atom. The van der Waals surface area contributed by atoms with Crippen LogP contribution < -0.4 is 0 Å². The Bertz CT molecular complexity index is 449. The maximum absolute atomic E-state index is 10.4. The number of carboxylic acids is 1. The van der Waals surface area contributed by atoms with Crippen LogP contribution in [0.15, 0.2) is 30.3 Å². The summed E-state index contributed by atoms with van der Waals surface area (Å²) in [5, 5.41) is 17.9. The Kier molecular flexibility index (Phi) is 5.27. The van der Waals surface area contributed by atoms with Gasteiger partial charge >= 0.3 is 5.97 Å². The summed E-state index contributed by atoms with van der Waals surface area (Å²) in [5.74, 6) is -0.950. The first-order valence-corrected chi connectivity index (χ1v) is 6.17. The van der Waals surface area contributed by atoms with E-state index in [4.69, 9.17) is 5.11 Å². The molecule has 0 bridgehead atoms. The van der Waals surface area contributed by atoms with Gasteiger partial charge in [-0.2, -0.15) is 0 Å². The lowest BCUT2D eigenvalue weighted by Gasteiger charge is -2.33. The largest absolute Gasteiger partial charge is 0.478 e. The first-order chi connectivity index (χ1) is 8.85. The van der Waals surface area contributed by atoms with Gasteiger partial charge in [0.15, 0.2) is 0 Å². The number of carbonyl (C=O) groups is 1. The van der Waals surface area contributed by atoms with Crippen molar-refractivity contribution in [2.24, 2.45) is 0 Å². The van der Waals surface area contributed by atoms with Crippen LogP contribution in [0.1, 0.15) is 25.0 Å². The second-order valence-electron chi connectivity index (χ2n) is 5.24. The molecule has 104 valence electrons. The van der Waals surface area contributed by atoms with Crippen molar-refractivity contribution in [3.8, 4) is 0 Å². The number of aliphatic hydroxyl groups is 1. The second-order valence-corrected chi connectivity index (χ2v) is 5.24. The predicted molar refractivity (Wildman–Crippen MR) is 75.7 cm³/mol. The molecule has 1 aromatic carbocycles. The molecule has 0 amide bonds. The minimum Gasteiger partial charge on any atom is -0.478 e. The van der Waals surface area contributed by atoms with Crippen molar-refractivity contribution in [3.63, 3.8) is 0 Å². The van der Waals surface area contributed by atoms with Gasteiger partial charge in [0.05, 0.1) is 6.61 Å². The normalized spacial score (nSPS) is 12.3. The average molecular weight is 263 g/mol. The van der Waals surface area contributed by atoms with E-state index in [0.29, 0.717) is 0 Å². The standard InChI is InChI=1S/C15H21NO3/c1-15(2,11-17)16(3)10-13-6-4-12(5-7-13)8-9-14(18)19/h4-9,17H,10-11H2,1-3H3,(H,18,19)/b9-8+. The first kappa shape index (κ1) is 15.4. The number of nitrogens with zero attached hydrogens (tertiary/aromatic N) is 1. The molecule has 1 rings (SSSR count). The van der Waals surface area contributed by atoms with Crippen molar-refractivity contribution in [3.05, 3.63) is 41.5 Å². The summed E-state index contributed by atoms with van der Waals surface area (Å²) in [6.07, 6.45) is 2.68. The Labute approximate surface area is 114 Å². The molecule has 0 heterocycles. The highest BCUT2D eigenvalue weighted by molar-refractivity contribution is 5.85. The van der Waals surface area contributed by atoms with Crippen LogP contribution in [-0.2, 0) is 11.3 Å². The molecular weight excluding hydrogens is 242 g/mol. The molecule has 0 aliphatic heterocycles. The molecule has 1 aromatic rings. The zero-order chi connectivity index (χ0) is 14.5. The number of carboxylic acid groups (broad SMARTS) is 1. The summed E-state index contributed by atoms with van der Waals surface area (Å²) in [6.45, 7) is 4.80. The maximum atomic E-state index is 10.4. The summed E-state index contributed by atoms with van der Waals surface area (Å²) in [6, 6.07) is 7.69. The Morgan fingerprint density at radius 1 is 1.32 bits per heavy atom. The third kappa shape index (κ3) is 4.85. The number of likely N-dealkylation sites (N-methyl/N-ethyl adjacent to an activating group) is 1. The van der Waals surface area contributed by atoms with Gasteiger partial charge in [0.1, 0.15) is 0 Å². The van der Waals surface area contributed by atoms with E-state index in [0.717, 1.165) is 23.7 Å². The van der Waals surface area contributed by atoms with Crippen LogP contribution in [0.5, 0.6) is 0 Å². The molecule has 4 nitrogen and oxygen atoms in total. The zero-order valence-electron chi connectivity index (χ0n) is 11.6. The average Bonchev–Trinajstić information content (AvgIpc) is 2.37. The molecule has 0 spiro atoms. The van der Waals surface area contributed by atoms with E-state index < -0.39 is 5.97 Å². The lowest BCUT2D eigenvalue weighted by atomic mass is 10.0.